The lowest BCUT2D eigenvalue weighted by Crippen LogP contribution is -2.54. The fourth-order valence-electron chi connectivity index (χ4n) is 4.67. The summed E-state index contributed by atoms with van der Waals surface area (Å²) in [6, 6.07) is 0. The van der Waals surface area contributed by atoms with Gasteiger partial charge in [-0.05, 0) is 12.8 Å². The average Bonchev–Trinajstić information content (AvgIpc) is 3.35. The highest BCUT2D eigenvalue weighted by molar-refractivity contribution is 6.84. The molecule has 1 aliphatic carbocycles. The van der Waals surface area contributed by atoms with Crippen LogP contribution in [0.3, 0.4) is 0 Å². The van der Waals surface area contributed by atoms with E-state index in [1.807, 2.05) is 0 Å². The summed E-state index contributed by atoms with van der Waals surface area (Å²) in [5.74, 6) is 3.58. The van der Waals surface area contributed by atoms with Crippen LogP contribution in [0.25, 0.3) is 0 Å². The second-order valence-corrected chi connectivity index (χ2v) is 20.8. The number of hydrogen-bond acceptors (Lipinski definition) is 6. The van der Waals surface area contributed by atoms with Crippen LogP contribution in [-0.4, -0.2) is 61.3 Å². The van der Waals surface area contributed by atoms with Crippen molar-refractivity contribution in [1.82, 2.24) is 0 Å². The summed E-state index contributed by atoms with van der Waals surface area (Å²) in [6.45, 7) is 18.1. The van der Waals surface area contributed by atoms with E-state index >= 15 is 0 Å². The fraction of sp³-hybridized carbons (Fsp3) is 0.692. The van der Waals surface area contributed by atoms with E-state index < -0.39 is 45.2 Å². The van der Waals surface area contributed by atoms with Gasteiger partial charge in [0.05, 0.1) is 27.4 Å². The molecule has 0 N–H and O–H groups in total. The van der Waals surface area contributed by atoms with Crippen molar-refractivity contribution in [2.45, 2.75) is 70.8 Å². The Morgan fingerprint density at radius 1 is 1.03 bits per heavy atom. The van der Waals surface area contributed by atoms with Crippen molar-refractivity contribution in [2.24, 2.45) is 17.3 Å². The molecule has 34 heavy (non-hydrogen) atoms. The third-order valence-corrected chi connectivity index (χ3v) is 7.84. The second kappa shape index (κ2) is 10.8. The van der Waals surface area contributed by atoms with Gasteiger partial charge in [0.25, 0.3) is 0 Å². The zero-order valence-electron chi connectivity index (χ0n) is 22.1. The van der Waals surface area contributed by atoms with Gasteiger partial charge in [-0.15, -0.1) is 22.9 Å². The second-order valence-electron chi connectivity index (χ2n) is 11.3. The topological polar surface area (TPSA) is 71.1 Å². The maximum Gasteiger partial charge on any atom is 0.324 e. The first kappa shape index (κ1) is 28.4. The SMILES string of the molecule is C=C1CC(C2(CC(C#C[Si](C)(C)C)CC#C[Si](C)(C)C)OCCO2)C(C(=O)OC)(C(=O)OC)C1. The third-order valence-electron chi connectivity index (χ3n) is 6.02. The van der Waals surface area contributed by atoms with Gasteiger partial charge in [-0.3, -0.25) is 9.59 Å². The number of rotatable bonds is 6. The zero-order valence-corrected chi connectivity index (χ0v) is 24.1. The molecule has 2 rings (SSSR count). The highest BCUT2D eigenvalue weighted by atomic mass is 28.3. The molecule has 188 valence electrons. The number of carbonyl (C=O) groups is 2. The molecule has 0 amide bonds. The van der Waals surface area contributed by atoms with Gasteiger partial charge in [0.2, 0.25) is 0 Å². The van der Waals surface area contributed by atoms with Crippen molar-refractivity contribution in [3.8, 4) is 22.9 Å². The maximum absolute atomic E-state index is 13.1. The predicted molar refractivity (Wildman–Crippen MR) is 138 cm³/mol. The van der Waals surface area contributed by atoms with Crippen LogP contribution in [0.2, 0.25) is 39.3 Å². The molecule has 1 heterocycles. The van der Waals surface area contributed by atoms with Crippen LogP contribution in [0.15, 0.2) is 12.2 Å². The first-order valence-electron chi connectivity index (χ1n) is 11.8. The average molecular weight is 505 g/mol. The Bertz CT molecular complexity index is 897. The van der Waals surface area contributed by atoms with E-state index in [2.05, 4.69) is 68.8 Å². The molecule has 1 aliphatic heterocycles. The minimum Gasteiger partial charge on any atom is -0.468 e. The largest absolute Gasteiger partial charge is 0.468 e. The van der Waals surface area contributed by atoms with E-state index in [1.165, 1.54) is 14.2 Å². The van der Waals surface area contributed by atoms with Crippen molar-refractivity contribution < 1.29 is 28.5 Å². The standard InChI is InChI=1S/C26H40O6Si2/c1-20-17-22(25(18-20,23(27)29-2)24(28)30-3)26(31-13-14-32-26)19-21(12-16-34(7,8)9)11-10-15-33(4,5)6/h21-22H,1,11,13-14,17-19H2,2-9H3. The highest BCUT2D eigenvalue weighted by Crippen LogP contribution is 2.56. The van der Waals surface area contributed by atoms with E-state index in [9.17, 15) is 9.59 Å². The van der Waals surface area contributed by atoms with Crippen LogP contribution < -0.4 is 0 Å². The van der Waals surface area contributed by atoms with Crippen LogP contribution in [0.4, 0.5) is 0 Å². The normalized spacial score (nSPS) is 22.1. The summed E-state index contributed by atoms with van der Waals surface area (Å²) in [5, 5.41) is 0. The van der Waals surface area contributed by atoms with Crippen LogP contribution >= 0.6 is 0 Å². The van der Waals surface area contributed by atoms with Crippen LogP contribution in [0.5, 0.6) is 0 Å². The molecule has 2 atom stereocenters. The summed E-state index contributed by atoms with van der Waals surface area (Å²) in [7, 11) is -0.619. The van der Waals surface area contributed by atoms with Gasteiger partial charge in [-0.2, -0.15) is 0 Å². The molecule has 1 saturated carbocycles. The first-order chi connectivity index (χ1) is 15.7. The number of allylic oxidation sites excluding steroid dienone is 1. The predicted octanol–water partition coefficient (Wildman–Crippen LogP) is 4.19. The third kappa shape index (κ3) is 6.63. The lowest BCUT2D eigenvalue weighted by Gasteiger charge is -2.41. The molecule has 6 nitrogen and oxygen atoms in total. The highest BCUT2D eigenvalue weighted by Gasteiger charge is 2.66. The zero-order chi connectivity index (χ0) is 25.8. The Hall–Kier alpha value is -1.85. The van der Waals surface area contributed by atoms with Crippen molar-refractivity contribution in [1.29, 1.82) is 0 Å². The molecule has 0 radical (unpaired) electrons. The maximum atomic E-state index is 13.1. The van der Waals surface area contributed by atoms with Crippen molar-refractivity contribution in [3.05, 3.63) is 12.2 Å². The Morgan fingerprint density at radius 3 is 2.03 bits per heavy atom. The van der Waals surface area contributed by atoms with E-state index in [0.717, 1.165) is 5.57 Å². The van der Waals surface area contributed by atoms with Crippen LogP contribution in [0.1, 0.15) is 25.7 Å². The Balaban J connectivity index is 2.55. The van der Waals surface area contributed by atoms with Crippen molar-refractivity contribution in [3.63, 3.8) is 0 Å². The van der Waals surface area contributed by atoms with Gasteiger partial charge >= 0.3 is 11.9 Å². The minimum absolute atomic E-state index is 0.129. The number of esters is 2. The fourth-order valence-corrected chi connectivity index (χ4v) is 5.94. The van der Waals surface area contributed by atoms with Gasteiger partial charge in [-0.25, -0.2) is 0 Å². The quantitative estimate of drug-likeness (QED) is 0.178. The molecule has 2 fully saturated rings. The molecule has 2 unspecified atom stereocenters. The van der Waals surface area contributed by atoms with E-state index in [1.54, 1.807) is 0 Å². The van der Waals surface area contributed by atoms with Gasteiger partial charge < -0.3 is 18.9 Å². The lowest BCUT2D eigenvalue weighted by molar-refractivity contribution is -0.232. The van der Waals surface area contributed by atoms with Crippen LogP contribution in [0, 0.1) is 40.2 Å². The number of hydrogen-bond donors (Lipinski definition) is 0. The van der Waals surface area contributed by atoms with E-state index in [0.29, 0.717) is 32.5 Å². The molecular weight excluding hydrogens is 464 g/mol. The smallest absolute Gasteiger partial charge is 0.324 e. The van der Waals surface area contributed by atoms with Gasteiger partial charge in [0, 0.05) is 24.7 Å². The van der Waals surface area contributed by atoms with E-state index in [-0.39, 0.29) is 12.3 Å². The first-order valence-corrected chi connectivity index (χ1v) is 18.8. The molecule has 0 spiro atoms. The van der Waals surface area contributed by atoms with Crippen LogP contribution in [-0.2, 0) is 28.5 Å². The summed E-state index contributed by atoms with van der Waals surface area (Å²) < 4.78 is 22.7. The Morgan fingerprint density at radius 2 is 1.56 bits per heavy atom. The molecule has 0 aromatic heterocycles. The molecule has 0 aromatic rings. The lowest BCUT2D eigenvalue weighted by atomic mass is 9.71. The number of ether oxygens (including phenoxy) is 4. The minimum atomic E-state index is -1.64. The molecule has 1 saturated heterocycles. The Labute approximate surface area is 207 Å². The summed E-state index contributed by atoms with van der Waals surface area (Å²) in [6.07, 6.45) is 1.52. The Kier molecular flexibility index (Phi) is 9.04. The number of methoxy groups -OCH3 is 2. The van der Waals surface area contributed by atoms with E-state index in [4.69, 9.17) is 18.9 Å². The van der Waals surface area contributed by atoms with Gasteiger partial charge in [0.1, 0.15) is 16.1 Å². The monoisotopic (exact) mass is 504 g/mol. The summed E-state index contributed by atoms with van der Waals surface area (Å²) in [4.78, 5) is 26.2. The molecule has 0 aromatic carbocycles. The number of carbonyl (C=O) groups excluding carboxylic acids is 2. The summed E-state index contributed by atoms with van der Waals surface area (Å²) in [5.41, 5.74) is 6.09. The van der Waals surface area contributed by atoms with Gasteiger partial charge in [-0.1, -0.05) is 51.4 Å². The summed E-state index contributed by atoms with van der Waals surface area (Å²) >= 11 is 0. The van der Waals surface area contributed by atoms with Crippen molar-refractivity contribution >= 4 is 28.1 Å². The van der Waals surface area contributed by atoms with Crippen molar-refractivity contribution in [2.75, 3.05) is 27.4 Å². The van der Waals surface area contributed by atoms with Gasteiger partial charge in [0.15, 0.2) is 11.2 Å². The molecule has 0 bridgehead atoms. The molecule has 8 heteroatoms. The molecular formula is C26H40O6Si2. The molecule has 2 aliphatic rings.